The molecule has 23 heavy (non-hydrogen) atoms. The minimum absolute atomic E-state index is 0.0848. The second kappa shape index (κ2) is 5.85. The fourth-order valence-corrected chi connectivity index (χ4v) is 2.54. The molecule has 0 aromatic heterocycles. The van der Waals surface area contributed by atoms with Crippen LogP contribution in [0.4, 0.5) is 15.8 Å². The van der Waals surface area contributed by atoms with Crippen molar-refractivity contribution in [2.45, 2.75) is 6.54 Å². The number of hydrogen-bond donors (Lipinski definition) is 0. The molecule has 8 heteroatoms. The van der Waals surface area contributed by atoms with Crippen LogP contribution in [-0.2, 0) is 11.3 Å². The lowest BCUT2D eigenvalue weighted by atomic mass is 10.1. The number of nitrogens with zero attached hydrogens (tertiary/aromatic N) is 2. The van der Waals surface area contributed by atoms with Crippen LogP contribution in [0.25, 0.3) is 0 Å². The van der Waals surface area contributed by atoms with Gasteiger partial charge in [-0.3, -0.25) is 14.9 Å². The van der Waals surface area contributed by atoms with Crippen molar-refractivity contribution in [3.63, 3.8) is 0 Å². The Morgan fingerprint density at radius 2 is 2.13 bits per heavy atom. The van der Waals surface area contributed by atoms with Gasteiger partial charge in [0.2, 0.25) is 0 Å². The van der Waals surface area contributed by atoms with Gasteiger partial charge >= 0.3 is 0 Å². The lowest BCUT2D eigenvalue weighted by Gasteiger charge is -2.29. The molecule has 0 unspecified atom stereocenters. The summed E-state index contributed by atoms with van der Waals surface area (Å²) in [5.41, 5.74) is 0.363. The molecule has 1 heterocycles. The number of nitro benzene ring substituents is 1. The monoisotopic (exact) mass is 336 g/mol. The number of fused-ring (bicyclic) bond motifs is 1. The molecule has 0 saturated heterocycles. The van der Waals surface area contributed by atoms with Crippen molar-refractivity contribution in [1.29, 1.82) is 0 Å². The summed E-state index contributed by atoms with van der Waals surface area (Å²) in [5, 5.41) is 11.0. The van der Waals surface area contributed by atoms with E-state index in [-0.39, 0.29) is 41.1 Å². The Kier molecular flexibility index (Phi) is 3.87. The molecule has 1 aliphatic rings. The minimum atomic E-state index is -0.557. The summed E-state index contributed by atoms with van der Waals surface area (Å²) in [4.78, 5) is 23.7. The van der Waals surface area contributed by atoms with E-state index in [1.54, 1.807) is 0 Å². The Bertz CT molecular complexity index is 792. The van der Waals surface area contributed by atoms with Crippen molar-refractivity contribution in [3.05, 3.63) is 62.9 Å². The maximum atomic E-state index is 13.9. The van der Waals surface area contributed by atoms with Crippen molar-refractivity contribution >= 4 is 28.9 Å². The van der Waals surface area contributed by atoms with Gasteiger partial charge in [0, 0.05) is 16.7 Å². The van der Waals surface area contributed by atoms with E-state index in [4.69, 9.17) is 16.3 Å². The van der Waals surface area contributed by atoms with E-state index in [2.05, 4.69) is 0 Å². The van der Waals surface area contributed by atoms with Crippen LogP contribution >= 0.6 is 11.6 Å². The van der Waals surface area contributed by atoms with Gasteiger partial charge in [0.1, 0.15) is 5.82 Å². The average Bonchev–Trinajstić information content (AvgIpc) is 2.52. The van der Waals surface area contributed by atoms with E-state index in [0.29, 0.717) is 5.69 Å². The van der Waals surface area contributed by atoms with Crippen LogP contribution in [-0.4, -0.2) is 17.4 Å². The van der Waals surface area contributed by atoms with Crippen molar-refractivity contribution < 1.29 is 18.8 Å². The van der Waals surface area contributed by atoms with Crippen molar-refractivity contribution in [1.82, 2.24) is 0 Å². The third-order valence-electron chi connectivity index (χ3n) is 3.48. The topological polar surface area (TPSA) is 72.7 Å². The predicted octanol–water partition coefficient (Wildman–Crippen LogP) is 3.31. The Hall–Kier alpha value is -2.67. The normalized spacial score (nSPS) is 13.5. The molecular weight excluding hydrogens is 327 g/mol. The zero-order chi connectivity index (χ0) is 16.6. The number of carbonyl (C=O) groups excluding carboxylic acids is 1. The predicted molar refractivity (Wildman–Crippen MR) is 81.2 cm³/mol. The number of anilines is 1. The quantitative estimate of drug-likeness (QED) is 0.636. The lowest BCUT2D eigenvalue weighted by molar-refractivity contribution is -0.384. The van der Waals surface area contributed by atoms with Crippen molar-refractivity contribution in [2.75, 3.05) is 11.5 Å². The summed E-state index contributed by atoms with van der Waals surface area (Å²) >= 11 is 5.99. The number of ether oxygens (including phenoxy) is 1. The van der Waals surface area contributed by atoms with Gasteiger partial charge in [-0.1, -0.05) is 17.7 Å². The van der Waals surface area contributed by atoms with E-state index in [0.717, 1.165) is 0 Å². The number of benzene rings is 2. The lowest BCUT2D eigenvalue weighted by Crippen LogP contribution is -2.38. The van der Waals surface area contributed by atoms with E-state index < -0.39 is 10.7 Å². The minimum Gasteiger partial charge on any atom is -0.481 e. The Morgan fingerprint density at radius 1 is 1.35 bits per heavy atom. The third-order valence-corrected chi connectivity index (χ3v) is 3.83. The van der Waals surface area contributed by atoms with Crippen LogP contribution < -0.4 is 9.64 Å². The number of carbonyl (C=O) groups is 1. The first-order valence-corrected chi connectivity index (χ1v) is 6.99. The summed E-state index contributed by atoms with van der Waals surface area (Å²) in [7, 11) is 0. The van der Waals surface area contributed by atoms with E-state index >= 15 is 0 Å². The van der Waals surface area contributed by atoms with Crippen molar-refractivity contribution in [3.8, 4) is 5.75 Å². The highest BCUT2D eigenvalue weighted by Gasteiger charge is 2.28. The maximum Gasteiger partial charge on any atom is 0.273 e. The zero-order valence-electron chi connectivity index (χ0n) is 11.7. The molecule has 0 N–H and O–H groups in total. The molecule has 0 aliphatic carbocycles. The number of non-ortho nitro benzene ring substituents is 1. The van der Waals surface area contributed by atoms with Gasteiger partial charge in [-0.05, 0) is 18.2 Å². The standard InChI is InChI=1S/C15H10ClFN2O4/c16-11-2-1-3-12(17)10(11)7-18-13-5-4-9(19(21)22)6-14(13)23-8-15(18)20/h1-6H,7-8H2. The van der Waals surface area contributed by atoms with Crippen LogP contribution in [0.15, 0.2) is 36.4 Å². The average molecular weight is 337 g/mol. The smallest absolute Gasteiger partial charge is 0.273 e. The molecule has 2 aromatic rings. The first-order chi connectivity index (χ1) is 11.0. The zero-order valence-corrected chi connectivity index (χ0v) is 12.4. The maximum absolute atomic E-state index is 13.9. The number of rotatable bonds is 3. The first-order valence-electron chi connectivity index (χ1n) is 6.62. The molecule has 0 radical (unpaired) electrons. The third kappa shape index (κ3) is 2.83. The second-order valence-electron chi connectivity index (χ2n) is 4.88. The molecule has 6 nitrogen and oxygen atoms in total. The fourth-order valence-electron chi connectivity index (χ4n) is 2.32. The second-order valence-corrected chi connectivity index (χ2v) is 5.29. The van der Waals surface area contributed by atoms with Crippen LogP contribution in [0.3, 0.4) is 0 Å². The molecule has 0 spiro atoms. The van der Waals surface area contributed by atoms with E-state index in [9.17, 15) is 19.3 Å². The molecule has 0 bridgehead atoms. The molecule has 118 valence electrons. The molecule has 3 rings (SSSR count). The van der Waals surface area contributed by atoms with Gasteiger partial charge < -0.3 is 9.64 Å². The Balaban J connectivity index is 2.01. The van der Waals surface area contributed by atoms with Crippen LogP contribution in [0, 0.1) is 15.9 Å². The van der Waals surface area contributed by atoms with Crippen LogP contribution in [0.5, 0.6) is 5.75 Å². The van der Waals surface area contributed by atoms with Gasteiger partial charge in [-0.25, -0.2) is 4.39 Å². The van der Waals surface area contributed by atoms with Gasteiger partial charge in [-0.2, -0.15) is 0 Å². The number of hydrogen-bond acceptors (Lipinski definition) is 4. The summed E-state index contributed by atoms with van der Waals surface area (Å²) in [6.07, 6.45) is 0. The summed E-state index contributed by atoms with van der Waals surface area (Å²) in [5.74, 6) is -0.711. The van der Waals surface area contributed by atoms with Gasteiger partial charge in [0.15, 0.2) is 12.4 Å². The summed E-state index contributed by atoms with van der Waals surface area (Å²) in [6, 6.07) is 8.15. The molecule has 0 fully saturated rings. The highest BCUT2D eigenvalue weighted by atomic mass is 35.5. The molecule has 0 saturated carbocycles. The van der Waals surface area contributed by atoms with Gasteiger partial charge in [0.25, 0.3) is 11.6 Å². The highest BCUT2D eigenvalue weighted by molar-refractivity contribution is 6.31. The number of amides is 1. The largest absolute Gasteiger partial charge is 0.481 e. The SMILES string of the molecule is O=C1COc2cc([N+](=O)[O-])ccc2N1Cc1c(F)cccc1Cl. The highest BCUT2D eigenvalue weighted by Crippen LogP contribution is 2.36. The Labute approximate surface area is 135 Å². The molecule has 1 amide bonds. The summed E-state index contributed by atoms with van der Waals surface area (Å²) in [6.45, 7) is -0.362. The number of halogens is 2. The fraction of sp³-hybridized carbons (Fsp3) is 0.133. The molecule has 1 aliphatic heterocycles. The molecular formula is C15H10ClFN2O4. The van der Waals surface area contributed by atoms with Crippen LogP contribution in [0.1, 0.15) is 5.56 Å². The molecule has 0 atom stereocenters. The van der Waals surface area contributed by atoms with Crippen LogP contribution in [0.2, 0.25) is 5.02 Å². The Morgan fingerprint density at radius 3 is 2.83 bits per heavy atom. The van der Waals surface area contributed by atoms with Gasteiger partial charge in [0.05, 0.1) is 23.2 Å². The van der Waals surface area contributed by atoms with E-state index in [1.807, 2.05) is 0 Å². The van der Waals surface area contributed by atoms with Crippen molar-refractivity contribution in [2.24, 2.45) is 0 Å². The molecule has 2 aromatic carbocycles. The van der Waals surface area contributed by atoms with E-state index in [1.165, 1.54) is 41.3 Å². The van der Waals surface area contributed by atoms with Gasteiger partial charge in [-0.15, -0.1) is 0 Å². The first kappa shape index (κ1) is 15.2. The summed E-state index contributed by atoms with van der Waals surface area (Å²) < 4.78 is 19.2. The number of nitro groups is 1.